The molecule has 6 heteroatoms. The van der Waals surface area contributed by atoms with Gasteiger partial charge in [0, 0.05) is 25.9 Å². The number of carbonyl (C=O) groups excluding carboxylic acids is 2. The van der Waals surface area contributed by atoms with Gasteiger partial charge in [-0.3, -0.25) is 9.59 Å². The summed E-state index contributed by atoms with van der Waals surface area (Å²) in [4.78, 5) is 36.3. The molecule has 1 rings (SSSR count). The number of likely N-dealkylation sites (tertiary alicyclic amines) is 1. The fourth-order valence-electron chi connectivity index (χ4n) is 2.12. The van der Waals surface area contributed by atoms with Crippen LogP contribution in [0.3, 0.4) is 0 Å². The molecule has 0 aliphatic carbocycles. The number of piperidine rings is 1. The van der Waals surface area contributed by atoms with Crippen LogP contribution in [0, 0.1) is 11.8 Å². The smallest absolute Gasteiger partial charge is 0.326 e. The zero-order valence-electron chi connectivity index (χ0n) is 11.7. The summed E-state index contributed by atoms with van der Waals surface area (Å²) in [5, 5.41) is 11.7. The molecule has 1 saturated heterocycles. The van der Waals surface area contributed by atoms with Crippen molar-refractivity contribution < 1.29 is 19.5 Å². The monoisotopic (exact) mass is 270 g/mol. The highest BCUT2D eigenvalue weighted by Gasteiger charge is 2.32. The fourth-order valence-corrected chi connectivity index (χ4v) is 2.12. The molecule has 0 radical (unpaired) electrons. The maximum Gasteiger partial charge on any atom is 0.326 e. The van der Waals surface area contributed by atoms with Gasteiger partial charge < -0.3 is 15.3 Å². The van der Waals surface area contributed by atoms with Gasteiger partial charge in [-0.2, -0.15) is 0 Å². The van der Waals surface area contributed by atoms with Crippen molar-refractivity contribution in [3.63, 3.8) is 0 Å². The third-order valence-corrected chi connectivity index (χ3v) is 3.81. The van der Waals surface area contributed by atoms with Gasteiger partial charge in [-0.15, -0.1) is 0 Å². The molecule has 0 aromatic carbocycles. The molecular formula is C13H22N2O4. The summed E-state index contributed by atoms with van der Waals surface area (Å²) in [7, 11) is 1.70. The summed E-state index contributed by atoms with van der Waals surface area (Å²) in [6, 6.07) is -0.882. The van der Waals surface area contributed by atoms with E-state index in [-0.39, 0.29) is 24.2 Å². The van der Waals surface area contributed by atoms with Crippen molar-refractivity contribution >= 4 is 17.8 Å². The molecule has 1 fully saturated rings. The number of carboxylic acid groups (broad SMARTS) is 1. The van der Waals surface area contributed by atoms with Crippen LogP contribution in [0.15, 0.2) is 0 Å². The van der Waals surface area contributed by atoms with Crippen molar-refractivity contribution in [2.45, 2.75) is 39.2 Å². The number of carboxylic acids is 1. The number of carbonyl (C=O) groups is 3. The highest BCUT2D eigenvalue weighted by molar-refractivity contribution is 5.89. The van der Waals surface area contributed by atoms with Crippen molar-refractivity contribution in [1.82, 2.24) is 10.2 Å². The highest BCUT2D eigenvalue weighted by atomic mass is 16.4. The Labute approximate surface area is 113 Å². The van der Waals surface area contributed by atoms with Crippen LogP contribution in [-0.2, 0) is 14.4 Å². The lowest BCUT2D eigenvalue weighted by atomic mass is 9.93. The Morgan fingerprint density at radius 1 is 1.53 bits per heavy atom. The first-order valence-corrected chi connectivity index (χ1v) is 6.64. The molecule has 0 aromatic heterocycles. The minimum atomic E-state index is -1.03. The van der Waals surface area contributed by atoms with Crippen LogP contribution in [0.4, 0.5) is 0 Å². The number of nitrogens with zero attached hydrogens (tertiary/aromatic N) is 1. The Hall–Kier alpha value is -1.59. The summed E-state index contributed by atoms with van der Waals surface area (Å²) >= 11 is 0. The van der Waals surface area contributed by atoms with E-state index in [4.69, 9.17) is 5.11 Å². The lowest BCUT2D eigenvalue weighted by Gasteiger charge is -2.29. The molecule has 2 N–H and O–H groups in total. The molecule has 3 unspecified atom stereocenters. The Morgan fingerprint density at radius 2 is 2.16 bits per heavy atom. The fraction of sp³-hybridized carbons (Fsp3) is 0.769. The SMILES string of the molecule is CCC(C)C(NC(=O)C1CCN(C)C(=O)C1)C(=O)O. The zero-order valence-corrected chi connectivity index (χ0v) is 11.7. The van der Waals surface area contributed by atoms with E-state index >= 15 is 0 Å². The molecule has 3 atom stereocenters. The van der Waals surface area contributed by atoms with Gasteiger partial charge in [-0.1, -0.05) is 20.3 Å². The second kappa shape index (κ2) is 6.54. The van der Waals surface area contributed by atoms with Crippen LogP contribution in [0.1, 0.15) is 33.1 Å². The molecular weight excluding hydrogens is 248 g/mol. The van der Waals surface area contributed by atoms with E-state index in [0.717, 1.165) is 0 Å². The molecule has 108 valence electrons. The van der Waals surface area contributed by atoms with Crippen LogP contribution < -0.4 is 5.32 Å². The molecule has 0 aromatic rings. The largest absolute Gasteiger partial charge is 0.480 e. The van der Waals surface area contributed by atoms with Crippen LogP contribution in [-0.4, -0.2) is 47.4 Å². The average molecular weight is 270 g/mol. The number of amides is 2. The van der Waals surface area contributed by atoms with Crippen LogP contribution in [0.25, 0.3) is 0 Å². The number of hydrogen-bond donors (Lipinski definition) is 2. The number of rotatable bonds is 5. The van der Waals surface area contributed by atoms with Gasteiger partial charge >= 0.3 is 5.97 Å². The van der Waals surface area contributed by atoms with Crippen molar-refractivity contribution in [2.75, 3.05) is 13.6 Å². The van der Waals surface area contributed by atoms with E-state index in [0.29, 0.717) is 19.4 Å². The average Bonchev–Trinajstić information content (AvgIpc) is 2.37. The van der Waals surface area contributed by atoms with Gasteiger partial charge in [0.2, 0.25) is 11.8 Å². The molecule has 0 saturated carbocycles. The van der Waals surface area contributed by atoms with Gasteiger partial charge in [0.05, 0.1) is 0 Å². The predicted octanol–water partition coefficient (Wildman–Crippen LogP) is 0.470. The van der Waals surface area contributed by atoms with Gasteiger partial charge in [-0.25, -0.2) is 4.79 Å². The maximum absolute atomic E-state index is 12.0. The Kier molecular flexibility index (Phi) is 5.32. The third kappa shape index (κ3) is 3.94. The predicted molar refractivity (Wildman–Crippen MR) is 69.4 cm³/mol. The summed E-state index contributed by atoms with van der Waals surface area (Å²) in [6.45, 7) is 4.21. The van der Waals surface area contributed by atoms with Crippen molar-refractivity contribution in [2.24, 2.45) is 11.8 Å². The molecule has 1 heterocycles. The lowest BCUT2D eigenvalue weighted by molar-refractivity contribution is -0.145. The molecule has 2 amide bonds. The molecule has 0 spiro atoms. The molecule has 6 nitrogen and oxygen atoms in total. The Morgan fingerprint density at radius 3 is 2.63 bits per heavy atom. The summed E-state index contributed by atoms with van der Waals surface area (Å²) in [5.41, 5.74) is 0. The summed E-state index contributed by atoms with van der Waals surface area (Å²) in [5.74, 6) is -1.96. The minimum absolute atomic E-state index is 0.0678. The van der Waals surface area contributed by atoms with E-state index in [1.54, 1.807) is 18.9 Å². The van der Waals surface area contributed by atoms with Crippen molar-refractivity contribution in [1.29, 1.82) is 0 Å². The maximum atomic E-state index is 12.0. The number of hydrogen-bond acceptors (Lipinski definition) is 3. The first kappa shape index (κ1) is 15.5. The molecule has 1 aliphatic rings. The Bertz CT molecular complexity index is 370. The van der Waals surface area contributed by atoms with E-state index in [2.05, 4.69) is 5.32 Å². The van der Waals surface area contributed by atoms with Crippen molar-refractivity contribution in [3.8, 4) is 0 Å². The Balaban J connectivity index is 2.62. The van der Waals surface area contributed by atoms with Gasteiger partial charge in [0.15, 0.2) is 0 Å². The van der Waals surface area contributed by atoms with Crippen LogP contribution in [0.2, 0.25) is 0 Å². The second-order valence-electron chi connectivity index (χ2n) is 5.22. The van der Waals surface area contributed by atoms with Crippen LogP contribution in [0.5, 0.6) is 0 Å². The molecule has 19 heavy (non-hydrogen) atoms. The zero-order chi connectivity index (χ0) is 14.6. The number of nitrogens with one attached hydrogen (secondary N) is 1. The highest BCUT2D eigenvalue weighted by Crippen LogP contribution is 2.18. The standard InChI is InChI=1S/C13H22N2O4/c1-4-8(2)11(13(18)19)14-12(17)9-5-6-15(3)10(16)7-9/h8-9,11H,4-7H2,1-3H3,(H,14,17)(H,18,19). The van der Waals surface area contributed by atoms with Gasteiger partial charge in [0.1, 0.15) is 6.04 Å². The minimum Gasteiger partial charge on any atom is -0.480 e. The van der Waals surface area contributed by atoms with Gasteiger partial charge in [-0.05, 0) is 12.3 Å². The topological polar surface area (TPSA) is 86.7 Å². The normalized spacial score (nSPS) is 22.8. The third-order valence-electron chi connectivity index (χ3n) is 3.81. The first-order valence-electron chi connectivity index (χ1n) is 6.64. The molecule has 0 bridgehead atoms. The van der Waals surface area contributed by atoms with E-state index in [1.807, 2.05) is 6.92 Å². The van der Waals surface area contributed by atoms with E-state index in [9.17, 15) is 14.4 Å². The van der Waals surface area contributed by atoms with Gasteiger partial charge in [0.25, 0.3) is 0 Å². The van der Waals surface area contributed by atoms with Crippen LogP contribution >= 0.6 is 0 Å². The summed E-state index contributed by atoms with van der Waals surface area (Å²) < 4.78 is 0. The summed E-state index contributed by atoms with van der Waals surface area (Å²) in [6.07, 6.45) is 1.42. The molecule has 1 aliphatic heterocycles. The second-order valence-corrected chi connectivity index (χ2v) is 5.22. The lowest BCUT2D eigenvalue weighted by Crippen LogP contribution is -2.49. The van der Waals surface area contributed by atoms with E-state index < -0.39 is 17.9 Å². The van der Waals surface area contributed by atoms with E-state index in [1.165, 1.54) is 0 Å². The quantitative estimate of drug-likeness (QED) is 0.760. The first-order chi connectivity index (χ1) is 8.86. The number of aliphatic carboxylic acids is 1. The van der Waals surface area contributed by atoms with Crippen molar-refractivity contribution in [3.05, 3.63) is 0 Å².